The lowest BCUT2D eigenvalue weighted by atomic mass is 9.94. The first-order valence-corrected chi connectivity index (χ1v) is 9.57. The summed E-state index contributed by atoms with van der Waals surface area (Å²) in [5, 5.41) is 11.2. The monoisotopic (exact) mass is 473 g/mol. The highest BCUT2D eigenvalue weighted by Crippen LogP contribution is 2.30. The lowest BCUT2D eigenvalue weighted by molar-refractivity contribution is -0.385. The number of hydrogen-bond donors (Lipinski definition) is 0. The van der Waals surface area contributed by atoms with Gasteiger partial charge in [0.15, 0.2) is 5.78 Å². The molecule has 0 heterocycles. The van der Waals surface area contributed by atoms with E-state index in [9.17, 15) is 19.7 Å². The van der Waals surface area contributed by atoms with Gasteiger partial charge >= 0.3 is 0 Å². The maximum atomic E-state index is 12.7. The molecule has 162 valence electrons. The van der Waals surface area contributed by atoms with Crippen LogP contribution in [-0.2, 0) is 6.42 Å². The van der Waals surface area contributed by atoms with Gasteiger partial charge in [-0.3, -0.25) is 19.7 Å². The number of benzene rings is 2. The Kier molecular flexibility index (Phi) is 9.24. The lowest BCUT2D eigenvalue weighted by Crippen LogP contribution is -2.48. The van der Waals surface area contributed by atoms with E-state index in [2.05, 4.69) is 0 Å². The molecule has 2 aromatic carbocycles. The molecule has 0 aliphatic carbocycles. The quantitative estimate of drug-likeness (QED) is 0.215. The molecule has 1 amide bonds. The molecule has 0 saturated heterocycles. The topological polar surface area (TPSA) is 83.8 Å². The Morgan fingerprint density at radius 1 is 1.07 bits per heavy atom. The third kappa shape index (κ3) is 5.92. The average Bonchev–Trinajstić information content (AvgIpc) is 2.71. The van der Waals surface area contributed by atoms with Gasteiger partial charge < -0.3 is 0 Å². The first-order valence-electron chi connectivity index (χ1n) is 8.90. The van der Waals surface area contributed by atoms with E-state index >= 15 is 0 Å². The molecule has 0 aliphatic heterocycles. The van der Waals surface area contributed by atoms with Crippen LogP contribution in [0.3, 0.4) is 0 Å². The van der Waals surface area contributed by atoms with Gasteiger partial charge in [0.05, 0.1) is 10.5 Å². The van der Waals surface area contributed by atoms with Gasteiger partial charge in [-0.15, -0.1) is 16.9 Å². The maximum Gasteiger partial charge on any atom is 0.291 e. The fourth-order valence-electron chi connectivity index (χ4n) is 2.72. The molecule has 0 fully saturated rings. The minimum absolute atomic E-state index is 0. The Hall–Kier alpha value is -2.19. The third-order valence-electron chi connectivity index (χ3n) is 4.43. The highest BCUT2D eigenvalue weighted by molar-refractivity contribution is 6.27. The summed E-state index contributed by atoms with van der Waals surface area (Å²) in [6.45, 7) is 5.30. The minimum atomic E-state index is -1.05. The largest absolute Gasteiger partial charge is 0.294 e. The van der Waals surface area contributed by atoms with Crippen molar-refractivity contribution >= 4 is 53.3 Å². The van der Waals surface area contributed by atoms with Crippen molar-refractivity contribution in [1.29, 1.82) is 0 Å². The molecular weight excluding hydrogens is 453 g/mol. The van der Waals surface area contributed by atoms with Crippen LogP contribution in [0.4, 0.5) is 5.69 Å². The van der Waals surface area contributed by atoms with Crippen molar-refractivity contribution < 1.29 is 14.5 Å². The van der Waals surface area contributed by atoms with E-state index in [4.69, 9.17) is 23.6 Å². The number of para-hydroxylation sites is 1. The van der Waals surface area contributed by atoms with Crippen LogP contribution in [0.1, 0.15) is 53.5 Å². The predicted molar refractivity (Wildman–Crippen MR) is 119 cm³/mol. The fraction of sp³-hybridized carbons (Fsp3) is 0.300. The fourth-order valence-corrected chi connectivity index (χ4v) is 3.14. The summed E-state index contributed by atoms with van der Waals surface area (Å²) in [5.41, 5.74) is -0.0231. The van der Waals surface area contributed by atoms with Crippen molar-refractivity contribution in [2.75, 3.05) is 0 Å². The molecule has 0 unspecified atom stereocenters. The number of amides is 1. The second kappa shape index (κ2) is 10.7. The van der Waals surface area contributed by atoms with Crippen LogP contribution in [0.25, 0.3) is 0 Å². The van der Waals surface area contributed by atoms with E-state index in [0.717, 1.165) is 16.5 Å². The van der Waals surface area contributed by atoms with Crippen molar-refractivity contribution in [3.63, 3.8) is 0 Å². The summed E-state index contributed by atoms with van der Waals surface area (Å²) in [7, 11) is 0. The summed E-state index contributed by atoms with van der Waals surface area (Å²) in [5.74, 6) is -1.05. The Morgan fingerprint density at radius 2 is 1.63 bits per heavy atom. The number of halogens is 3. The Morgan fingerprint density at radius 3 is 2.17 bits per heavy atom. The second-order valence-corrected chi connectivity index (χ2v) is 7.70. The van der Waals surface area contributed by atoms with E-state index in [1.54, 1.807) is 26.0 Å². The number of aryl methyl sites for hydroxylation is 1. The molecule has 0 radical (unpaired) electrons. The van der Waals surface area contributed by atoms with Crippen LogP contribution in [0.15, 0.2) is 48.5 Å². The number of nitro groups is 1. The van der Waals surface area contributed by atoms with Gasteiger partial charge in [0.2, 0.25) is 0 Å². The van der Waals surface area contributed by atoms with Gasteiger partial charge in [0.25, 0.3) is 11.6 Å². The highest BCUT2D eigenvalue weighted by atomic mass is 35.5. The summed E-state index contributed by atoms with van der Waals surface area (Å²) in [4.78, 5) is 35.8. The van der Waals surface area contributed by atoms with E-state index < -0.39 is 22.1 Å². The normalized spacial score (nSPS) is 11.0. The predicted octanol–water partition coefficient (Wildman–Crippen LogP) is 5.60. The number of ketones is 1. The SMILES string of the molecule is CCc1ccc(C(=O)CC(C)(C)N(Cl)N(Cl)C(=O)c2ccccc2[N+](=O)[O-])cc1.Cl. The summed E-state index contributed by atoms with van der Waals surface area (Å²) in [6.07, 6.45) is 0.833. The van der Waals surface area contributed by atoms with Crippen LogP contribution < -0.4 is 0 Å². The number of nitro benzene ring substituents is 1. The first-order chi connectivity index (χ1) is 13.6. The van der Waals surface area contributed by atoms with E-state index in [-0.39, 0.29) is 30.2 Å². The maximum absolute atomic E-state index is 12.7. The summed E-state index contributed by atoms with van der Waals surface area (Å²) in [6, 6.07) is 12.7. The van der Waals surface area contributed by atoms with Crippen molar-refractivity contribution in [3.05, 3.63) is 75.3 Å². The van der Waals surface area contributed by atoms with Crippen molar-refractivity contribution in [1.82, 2.24) is 9.06 Å². The standard InChI is InChI=1S/C20H21Cl2N3O4.ClH/c1-4-14-9-11-15(12-10-14)18(26)13-20(2,3)25(22)23(21)19(27)16-7-5-6-8-17(16)24(28)29;/h5-12H,4,13H2,1-3H3;1H. The van der Waals surface area contributed by atoms with Gasteiger partial charge in [-0.25, -0.2) is 0 Å². The van der Waals surface area contributed by atoms with Crippen LogP contribution in [0.2, 0.25) is 0 Å². The number of hydrogen-bond acceptors (Lipinski definition) is 5. The zero-order chi connectivity index (χ0) is 21.8. The molecule has 0 saturated carbocycles. The molecule has 10 heteroatoms. The second-order valence-electron chi connectivity index (χ2n) is 7.06. The highest BCUT2D eigenvalue weighted by Gasteiger charge is 2.37. The molecule has 0 bridgehead atoms. The number of Topliss-reactive ketones (excluding diaryl/α,β-unsaturated/α-hetero) is 1. The van der Waals surface area contributed by atoms with E-state index in [1.807, 2.05) is 19.1 Å². The van der Waals surface area contributed by atoms with Gasteiger partial charge in [-0.05, 0) is 31.9 Å². The molecule has 0 aliphatic rings. The van der Waals surface area contributed by atoms with E-state index in [0.29, 0.717) is 10.1 Å². The molecule has 0 aromatic heterocycles. The Balaban J connectivity index is 0.00000450. The third-order valence-corrected chi connectivity index (χ3v) is 5.42. The zero-order valence-corrected chi connectivity index (χ0v) is 19.0. The number of carbonyl (C=O) groups is 2. The molecule has 0 atom stereocenters. The first kappa shape index (κ1) is 25.8. The molecule has 0 spiro atoms. The van der Waals surface area contributed by atoms with Gasteiger partial charge in [0.1, 0.15) is 5.56 Å². The smallest absolute Gasteiger partial charge is 0.291 e. The average molecular weight is 475 g/mol. The van der Waals surface area contributed by atoms with Gasteiger partial charge in [-0.1, -0.05) is 43.3 Å². The molecular formula is C20H22Cl3N3O4. The van der Waals surface area contributed by atoms with Crippen LogP contribution in [0, 0.1) is 10.1 Å². The molecule has 30 heavy (non-hydrogen) atoms. The number of carbonyl (C=O) groups excluding carboxylic acids is 2. The van der Waals surface area contributed by atoms with Crippen molar-refractivity contribution in [3.8, 4) is 0 Å². The molecule has 2 aromatic rings. The lowest BCUT2D eigenvalue weighted by Gasteiger charge is -2.35. The molecule has 2 rings (SSSR count). The molecule has 0 N–H and O–H groups in total. The minimum Gasteiger partial charge on any atom is -0.294 e. The Bertz CT molecular complexity index is 920. The number of nitrogens with zero attached hydrogens (tertiary/aromatic N) is 3. The van der Waals surface area contributed by atoms with Crippen LogP contribution in [0.5, 0.6) is 0 Å². The van der Waals surface area contributed by atoms with Gasteiger partial charge in [0, 0.05) is 41.6 Å². The summed E-state index contributed by atoms with van der Waals surface area (Å²) < 4.78 is 1.43. The number of rotatable bonds is 8. The van der Waals surface area contributed by atoms with Crippen LogP contribution in [-0.4, -0.2) is 31.2 Å². The zero-order valence-electron chi connectivity index (χ0n) is 16.7. The van der Waals surface area contributed by atoms with Crippen molar-refractivity contribution in [2.45, 2.75) is 39.2 Å². The van der Waals surface area contributed by atoms with Gasteiger partial charge in [-0.2, -0.15) is 4.53 Å². The van der Waals surface area contributed by atoms with Crippen LogP contribution >= 0.6 is 36.0 Å². The van der Waals surface area contributed by atoms with Crippen molar-refractivity contribution in [2.24, 2.45) is 0 Å². The Labute approximate surface area is 191 Å². The number of hydrazine groups is 1. The summed E-state index contributed by atoms with van der Waals surface area (Å²) >= 11 is 12.4. The molecule has 7 nitrogen and oxygen atoms in total. The van der Waals surface area contributed by atoms with E-state index in [1.165, 1.54) is 24.3 Å².